The van der Waals surface area contributed by atoms with E-state index >= 15 is 0 Å². The van der Waals surface area contributed by atoms with Crippen molar-refractivity contribution in [1.29, 1.82) is 0 Å². The Kier molecular flexibility index (Phi) is 5.09. The van der Waals surface area contributed by atoms with Crippen molar-refractivity contribution in [3.05, 3.63) is 0 Å². The van der Waals surface area contributed by atoms with Crippen LogP contribution in [-0.4, -0.2) is 37.1 Å². The molecule has 15 heavy (non-hydrogen) atoms. The van der Waals surface area contributed by atoms with Crippen LogP contribution in [0, 0.1) is 11.8 Å². The molecule has 1 aliphatic heterocycles. The maximum atomic E-state index is 11.8. The van der Waals surface area contributed by atoms with Gasteiger partial charge in [-0.25, -0.2) is 0 Å². The van der Waals surface area contributed by atoms with Gasteiger partial charge < -0.3 is 9.64 Å². The fourth-order valence-corrected chi connectivity index (χ4v) is 2.33. The Hall–Kier alpha value is -0.570. The van der Waals surface area contributed by atoms with E-state index in [-0.39, 0.29) is 5.91 Å². The van der Waals surface area contributed by atoms with E-state index in [1.165, 1.54) is 6.42 Å². The van der Waals surface area contributed by atoms with E-state index < -0.39 is 0 Å². The van der Waals surface area contributed by atoms with Gasteiger partial charge in [0, 0.05) is 19.7 Å². The summed E-state index contributed by atoms with van der Waals surface area (Å²) in [7, 11) is 0. The molecule has 3 nitrogen and oxygen atoms in total. The lowest BCUT2D eigenvalue weighted by molar-refractivity contribution is -0.135. The first-order chi connectivity index (χ1) is 7.13. The van der Waals surface area contributed by atoms with Gasteiger partial charge in [-0.05, 0) is 25.2 Å². The van der Waals surface area contributed by atoms with Gasteiger partial charge in [0.05, 0.1) is 13.0 Å². The smallest absolute Gasteiger partial charge is 0.224 e. The summed E-state index contributed by atoms with van der Waals surface area (Å²) in [5.74, 6) is 1.54. The van der Waals surface area contributed by atoms with Gasteiger partial charge in [0.2, 0.25) is 5.91 Å². The predicted octanol–water partition coefficient (Wildman–Crippen LogP) is 1.92. The van der Waals surface area contributed by atoms with Crippen molar-refractivity contribution >= 4 is 5.91 Å². The third kappa shape index (κ3) is 4.20. The highest BCUT2D eigenvalue weighted by Gasteiger charge is 2.24. The lowest BCUT2D eigenvalue weighted by Gasteiger charge is -2.35. The number of hydrogen-bond donors (Lipinski definition) is 0. The van der Waals surface area contributed by atoms with E-state index in [2.05, 4.69) is 13.8 Å². The molecule has 1 amide bonds. The number of hydrogen-bond acceptors (Lipinski definition) is 2. The average molecular weight is 213 g/mol. The van der Waals surface area contributed by atoms with Gasteiger partial charge >= 0.3 is 0 Å². The summed E-state index contributed by atoms with van der Waals surface area (Å²) in [6.45, 7) is 9.51. The van der Waals surface area contributed by atoms with Gasteiger partial charge in [-0.3, -0.25) is 4.79 Å². The standard InChI is InChI=1S/C12H23NO2/c1-4-15-6-5-12(14)13-8-10(2)7-11(3)9-13/h10-11H,4-9H2,1-3H3/t10-,11-/m1/s1. The van der Waals surface area contributed by atoms with Crippen molar-refractivity contribution in [2.75, 3.05) is 26.3 Å². The second-order valence-electron chi connectivity index (χ2n) is 4.69. The predicted molar refractivity (Wildman–Crippen MR) is 60.6 cm³/mol. The molecule has 88 valence electrons. The first-order valence-corrected chi connectivity index (χ1v) is 5.99. The summed E-state index contributed by atoms with van der Waals surface area (Å²) in [5, 5.41) is 0. The highest BCUT2D eigenvalue weighted by atomic mass is 16.5. The minimum absolute atomic E-state index is 0.252. The highest BCUT2D eigenvalue weighted by molar-refractivity contribution is 5.76. The molecule has 0 spiro atoms. The maximum Gasteiger partial charge on any atom is 0.224 e. The third-order valence-electron chi connectivity index (χ3n) is 2.89. The monoisotopic (exact) mass is 213 g/mol. The second kappa shape index (κ2) is 6.11. The minimum Gasteiger partial charge on any atom is -0.381 e. The summed E-state index contributed by atoms with van der Waals surface area (Å²) < 4.78 is 5.20. The van der Waals surface area contributed by atoms with Crippen molar-refractivity contribution in [3.8, 4) is 0 Å². The van der Waals surface area contributed by atoms with Crippen LogP contribution >= 0.6 is 0 Å². The first kappa shape index (κ1) is 12.5. The molecule has 1 heterocycles. The Labute approximate surface area is 92.8 Å². The summed E-state index contributed by atoms with van der Waals surface area (Å²) in [5.41, 5.74) is 0. The number of carbonyl (C=O) groups excluding carboxylic acids is 1. The number of nitrogens with zero attached hydrogens (tertiary/aromatic N) is 1. The van der Waals surface area contributed by atoms with Crippen LogP contribution in [0.2, 0.25) is 0 Å². The van der Waals surface area contributed by atoms with E-state index in [1.54, 1.807) is 0 Å². The number of ether oxygens (including phenoxy) is 1. The molecule has 1 fully saturated rings. The second-order valence-corrected chi connectivity index (χ2v) is 4.69. The van der Waals surface area contributed by atoms with Gasteiger partial charge in [0.15, 0.2) is 0 Å². The van der Waals surface area contributed by atoms with E-state index in [0.29, 0.717) is 31.5 Å². The highest BCUT2D eigenvalue weighted by Crippen LogP contribution is 2.21. The minimum atomic E-state index is 0.252. The van der Waals surface area contributed by atoms with Crippen LogP contribution in [0.15, 0.2) is 0 Å². The summed E-state index contributed by atoms with van der Waals surface area (Å²) in [4.78, 5) is 13.8. The SMILES string of the molecule is CCOCCC(=O)N1C[C@H](C)C[C@@H](C)C1. The molecular weight excluding hydrogens is 190 g/mol. The molecule has 0 bridgehead atoms. The van der Waals surface area contributed by atoms with Crippen LogP contribution in [0.1, 0.15) is 33.6 Å². The lowest BCUT2D eigenvalue weighted by Crippen LogP contribution is -2.42. The summed E-state index contributed by atoms with van der Waals surface area (Å²) in [6, 6.07) is 0. The molecule has 0 unspecified atom stereocenters. The van der Waals surface area contributed by atoms with Crippen molar-refractivity contribution in [2.45, 2.75) is 33.6 Å². The van der Waals surface area contributed by atoms with Gasteiger partial charge in [-0.1, -0.05) is 13.8 Å². The van der Waals surface area contributed by atoms with Gasteiger partial charge in [-0.2, -0.15) is 0 Å². The zero-order valence-corrected chi connectivity index (χ0v) is 10.2. The fraction of sp³-hybridized carbons (Fsp3) is 0.917. The Morgan fingerprint density at radius 1 is 1.33 bits per heavy atom. The van der Waals surface area contributed by atoms with E-state index in [9.17, 15) is 4.79 Å². The van der Waals surface area contributed by atoms with Gasteiger partial charge in [0.1, 0.15) is 0 Å². The molecule has 0 radical (unpaired) electrons. The van der Waals surface area contributed by atoms with Crippen LogP contribution in [0.5, 0.6) is 0 Å². The topological polar surface area (TPSA) is 29.5 Å². The van der Waals surface area contributed by atoms with Crippen LogP contribution in [0.3, 0.4) is 0 Å². The quantitative estimate of drug-likeness (QED) is 0.668. The van der Waals surface area contributed by atoms with E-state index in [1.807, 2.05) is 11.8 Å². The molecular formula is C12H23NO2. The molecule has 0 aromatic carbocycles. The largest absolute Gasteiger partial charge is 0.381 e. The van der Waals surface area contributed by atoms with Crippen molar-refractivity contribution in [2.24, 2.45) is 11.8 Å². The number of carbonyl (C=O) groups is 1. The molecule has 0 saturated carbocycles. The number of piperidine rings is 1. The van der Waals surface area contributed by atoms with Crippen molar-refractivity contribution < 1.29 is 9.53 Å². The normalized spacial score (nSPS) is 26.7. The summed E-state index contributed by atoms with van der Waals surface area (Å²) >= 11 is 0. The molecule has 2 atom stereocenters. The fourth-order valence-electron chi connectivity index (χ4n) is 2.33. The van der Waals surface area contributed by atoms with Crippen LogP contribution in [0.4, 0.5) is 0 Å². The zero-order valence-electron chi connectivity index (χ0n) is 10.2. The lowest BCUT2D eigenvalue weighted by atomic mass is 9.92. The van der Waals surface area contributed by atoms with Crippen LogP contribution in [-0.2, 0) is 9.53 Å². The molecule has 0 aromatic rings. The first-order valence-electron chi connectivity index (χ1n) is 5.99. The Bertz CT molecular complexity index is 196. The van der Waals surface area contributed by atoms with Crippen LogP contribution < -0.4 is 0 Å². The molecule has 1 saturated heterocycles. The van der Waals surface area contributed by atoms with E-state index in [4.69, 9.17) is 4.74 Å². The number of amides is 1. The van der Waals surface area contributed by atoms with Crippen molar-refractivity contribution in [3.63, 3.8) is 0 Å². The number of likely N-dealkylation sites (tertiary alicyclic amines) is 1. The molecule has 1 rings (SSSR count). The summed E-state index contributed by atoms with van der Waals surface area (Å²) in [6.07, 6.45) is 1.78. The average Bonchev–Trinajstić information content (AvgIpc) is 2.16. The Morgan fingerprint density at radius 2 is 1.93 bits per heavy atom. The Balaban J connectivity index is 2.31. The van der Waals surface area contributed by atoms with Gasteiger partial charge in [-0.15, -0.1) is 0 Å². The van der Waals surface area contributed by atoms with E-state index in [0.717, 1.165) is 13.1 Å². The zero-order chi connectivity index (χ0) is 11.3. The van der Waals surface area contributed by atoms with Crippen LogP contribution in [0.25, 0.3) is 0 Å². The van der Waals surface area contributed by atoms with Gasteiger partial charge in [0.25, 0.3) is 0 Å². The molecule has 0 aromatic heterocycles. The molecule has 1 aliphatic rings. The Morgan fingerprint density at radius 3 is 2.47 bits per heavy atom. The third-order valence-corrected chi connectivity index (χ3v) is 2.89. The number of rotatable bonds is 4. The molecule has 0 N–H and O–H groups in total. The molecule has 3 heteroatoms. The molecule has 0 aliphatic carbocycles. The maximum absolute atomic E-state index is 11.8. The van der Waals surface area contributed by atoms with Crippen molar-refractivity contribution in [1.82, 2.24) is 4.90 Å².